The Morgan fingerprint density at radius 2 is 1.89 bits per heavy atom. The summed E-state index contributed by atoms with van der Waals surface area (Å²) >= 11 is 1.67. The first kappa shape index (κ1) is 14.1. The van der Waals surface area contributed by atoms with Crippen molar-refractivity contribution in [3.63, 3.8) is 0 Å². The van der Waals surface area contributed by atoms with Crippen LogP contribution in [0.25, 0.3) is 0 Å². The average molecular weight is 275 g/mol. The molecule has 0 aliphatic rings. The summed E-state index contributed by atoms with van der Waals surface area (Å²) in [7, 11) is 0. The molecule has 0 atom stereocenters. The highest BCUT2D eigenvalue weighted by Gasteiger charge is 2.06. The molecule has 0 unspecified atom stereocenters. The van der Waals surface area contributed by atoms with Gasteiger partial charge in [0.1, 0.15) is 5.82 Å². The Morgan fingerprint density at radius 1 is 1.11 bits per heavy atom. The molecule has 2 N–H and O–H groups in total. The summed E-state index contributed by atoms with van der Waals surface area (Å²) in [4.78, 5) is 1.21. The molecule has 19 heavy (non-hydrogen) atoms. The highest BCUT2D eigenvalue weighted by molar-refractivity contribution is 7.98. The molecule has 0 radical (unpaired) electrons. The van der Waals surface area contributed by atoms with Crippen molar-refractivity contribution in [3.8, 4) is 0 Å². The molecule has 0 fully saturated rings. The maximum atomic E-state index is 13.7. The minimum Gasteiger partial charge on any atom is -0.326 e. The molecule has 0 saturated heterocycles. The van der Waals surface area contributed by atoms with E-state index in [1.54, 1.807) is 17.8 Å². The van der Waals surface area contributed by atoms with Crippen LogP contribution in [0.4, 0.5) is 4.39 Å². The molecule has 0 aliphatic heterocycles. The van der Waals surface area contributed by atoms with Crippen LogP contribution in [-0.4, -0.2) is 0 Å². The van der Waals surface area contributed by atoms with E-state index in [-0.39, 0.29) is 5.82 Å². The normalized spacial score (nSPS) is 10.7. The molecule has 3 heteroatoms. The van der Waals surface area contributed by atoms with Crippen molar-refractivity contribution in [1.29, 1.82) is 0 Å². The van der Waals surface area contributed by atoms with Gasteiger partial charge in [-0.2, -0.15) is 0 Å². The van der Waals surface area contributed by atoms with Crippen LogP contribution in [0.2, 0.25) is 0 Å². The van der Waals surface area contributed by atoms with Gasteiger partial charge < -0.3 is 5.73 Å². The minimum atomic E-state index is -0.157. The smallest absolute Gasteiger partial charge is 0.127 e. The van der Waals surface area contributed by atoms with Gasteiger partial charge >= 0.3 is 0 Å². The standard InChI is InChI=1S/C16H18FNS/c1-11-3-4-12(2)16(7-11)19-10-14-8-13(9-18)5-6-15(14)17/h3-8H,9-10,18H2,1-2H3. The van der Waals surface area contributed by atoms with Crippen LogP contribution in [-0.2, 0) is 12.3 Å². The maximum Gasteiger partial charge on any atom is 0.127 e. The summed E-state index contributed by atoms with van der Waals surface area (Å²) in [6.07, 6.45) is 0. The first-order chi connectivity index (χ1) is 9.10. The quantitative estimate of drug-likeness (QED) is 0.847. The van der Waals surface area contributed by atoms with E-state index in [0.29, 0.717) is 17.9 Å². The number of hydrogen-bond donors (Lipinski definition) is 1. The zero-order chi connectivity index (χ0) is 13.8. The van der Waals surface area contributed by atoms with Gasteiger partial charge in [0.15, 0.2) is 0 Å². The number of nitrogens with two attached hydrogens (primary N) is 1. The summed E-state index contributed by atoms with van der Waals surface area (Å²) in [5.74, 6) is 0.472. The summed E-state index contributed by atoms with van der Waals surface area (Å²) in [5.41, 5.74) is 9.73. The number of halogens is 1. The van der Waals surface area contributed by atoms with Gasteiger partial charge in [0.2, 0.25) is 0 Å². The van der Waals surface area contributed by atoms with E-state index in [2.05, 4.69) is 32.0 Å². The molecular weight excluding hydrogens is 257 g/mol. The van der Waals surface area contributed by atoms with Gasteiger partial charge in [0.05, 0.1) is 0 Å². The lowest BCUT2D eigenvalue weighted by Gasteiger charge is -2.08. The summed E-state index contributed by atoms with van der Waals surface area (Å²) < 4.78 is 13.7. The molecule has 0 spiro atoms. The maximum absolute atomic E-state index is 13.7. The third-order valence-electron chi connectivity index (χ3n) is 3.07. The predicted octanol–water partition coefficient (Wildman–Crippen LogP) is 4.19. The predicted molar refractivity (Wildman–Crippen MR) is 79.8 cm³/mol. The first-order valence-corrected chi connectivity index (χ1v) is 7.26. The van der Waals surface area contributed by atoms with Crippen LogP contribution in [0.15, 0.2) is 41.3 Å². The number of thioether (sulfide) groups is 1. The molecule has 0 saturated carbocycles. The van der Waals surface area contributed by atoms with Crippen LogP contribution in [0.5, 0.6) is 0 Å². The molecular formula is C16H18FNS. The van der Waals surface area contributed by atoms with Gasteiger partial charge in [-0.05, 0) is 42.7 Å². The SMILES string of the molecule is Cc1ccc(C)c(SCc2cc(CN)ccc2F)c1. The van der Waals surface area contributed by atoms with Crippen LogP contribution < -0.4 is 5.73 Å². The lowest BCUT2D eigenvalue weighted by Crippen LogP contribution is -1.98. The molecule has 100 valence electrons. The Morgan fingerprint density at radius 3 is 2.63 bits per heavy atom. The molecule has 2 aromatic carbocycles. The first-order valence-electron chi connectivity index (χ1n) is 6.27. The molecule has 0 bridgehead atoms. The van der Waals surface area contributed by atoms with Crippen molar-refractivity contribution in [2.24, 2.45) is 5.73 Å². The lowest BCUT2D eigenvalue weighted by atomic mass is 10.1. The molecule has 0 amide bonds. The number of benzene rings is 2. The Bertz CT molecular complexity index is 581. The molecule has 0 aromatic heterocycles. The zero-order valence-corrected chi connectivity index (χ0v) is 12.1. The third kappa shape index (κ3) is 3.58. The van der Waals surface area contributed by atoms with E-state index in [1.807, 2.05) is 6.07 Å². The van der Waals surface area contributed by atoms with Crippen molar-refractivity contribution < 1.29 is 4.39 Å². The van der Waals surface area contributed by atoms with E-state index in [0.717, 1.165) is 5.56 Å². The fourth-order valence-corrected chi connectivity index (χ4v) is 2.98. The molecule has 1 nitrogen and oxygen atoms in total. The van der Waals surface area contributed by atoms with Crippen molar-refractivity contribution in [2.75, 3.05) is 0 Å². The Kier molecular flexibility index (Phi) is 4.61. The second kappa shape index (κ2) is 6.22. The molecule has 2 rings (SSSR count). The van der Waals surface area contributed by atoms with Crippen molar-refractivity contribution in [3.05, 3.63) is 64.5 Å². The van der Waals surface area contributed by atoms with E-state index >= 15 is 0 Å². The Labute approximate surface area is 118 Å². The van der Waals surface area contributed by atoms with Crippen LogP contribution in [0.3, 0.4) is 0 Å². The number of aryl methyl sites for hydroxylation is 2. The number of hydrogen-bond acceptors (Lipinski definition) is 2. The van der Waals surface area contributed by atoms with Gasteiger partial charge in [-0.3, -0.25) is 0 Å². The second-order valence-corrected chi connectivity index (χ2v) is 5.70. The highest BCUT2D eigenvalue weighted by atomic mass is 32.2. The van der Waals surface area contributed by atoms with Crippen LogP contribution >= 0.6 is 11.8 Å². The van der Waals surface area contributed by atoms with Crippen LogP contribution in [0, 0.1) is 19.7 Å². The fraction of sp³-hybridized carbons (Fsp3) is 0.250. The van der Waals surface area contributed by atoms with Gasteiger partial charge in [-0.1, -0.05) is 29.8 Å². The fourth-order valence-electron chi connectivity index (χ4n) is 1.88. The lowest BCUT2D eigenvalue weighted by molar-refractivity contribution is 0.616. The minimum absolute atomic E-state index is 0.157. The van der Waals surface area contributed by atoms with Crippen molar-refractivity contribution in [2.45, 2.75) is 31.0 Å². The highest BCUT2D eigenvalue weighted by Crippen LogP contribution is 2.28. The monoisotopic (exact) mass is 275 g/mol. The topological polar surface area (TPSA) is 26.0 Å². The van der Waals surface area contributed by atoms with E-state index in [1.165, 1.54) is 22.1 Å². The van der Waals surface area contributed by atoms with E-state index in [4.69, 9.17) is 5.73 Å². The Balaban J connectivity index is 2.16. The third-order valence-corrected chi connectivity index (χ3v) is 4.28. The largest absolute Gasteiger partial charge is 0.326 e. The zero-order valence-electron chi connectivity index (χ0n) is 11.2. The summed E-state index contributed by atoms with van der Waals surface area (Å²) in [5, 5.41) is 0. The molecule has 2 aromatic rings. The van der Waals surface area contributed by atoms with Crippen molar-refractivity contribution >= 4 is 11.8 Å². The van der Waals surface area contributed by atoms with Gasteiger partial charge in [-0.15, -0.1) is 11.8 Å². The van der Waals surface area contributed by atoms with Gasteiger partial charge in [-0.25, -0.2) is 4.39 Å². The molecule has 0 heterocycles. The van der Waals surface area contributed by atoms with Crippen LogP contribution in [0.1, 0.15) is 22.3 Å². The number of rotatable bonds is 4. The van der Waals surface area contributed by atoms with E-state index < -0.39 is 0 Å². The Hall–Kier alpha value is -1.32. The second-order valence-electron chi connectivity index (χ2n) is 4.69. The average Bonchev–Trinajstić information content (AvgIpc) is 2.41. The summed E-state index contributed by atoms with van der Waals surface area (Å²) in [6, 6.07) is 11.4. The summed E-state index contributed by atoms with van der Waals surface area (Å²) in [6.45, 7) is 4.59. The van der Waals surface area contributed by atoms with Crippen molar-refractivity contribution in [1.82, 2.24) is 0 Å². The molecule has 0 aliphatic carbocycles. The van der Waals surface area contributed by atoms with Gasteiger partial charge in [0.25, 0.3) is 0 Å². The van der Waals surface area contributed by atoms with Gasteiger partial charge in [0, 0.05) is 17.2 Å². The van der Waals surface area contributed by atoms with E-state index in [9.17, 15) is 4.39 Å².